The van der Waals surface area contributed by atoms with Gasteiger partial charge in [-0.05, 0) is 62.4 Å². The van der Waals surface area contributed by atoms with Crippen LogP contribution >= 0.6 is 11.6 Å². The van der Waals surface area contributed by atoms with Crippen LogP contribution in [-0.2, 0) is 4.79 Å². The van der Waals surface area contributed by atoms with E-state index in [1.54, 1.807) is 55.5 Å². The number of carbonyl (C=O) groups excluding carboxylic acids is 2. The molecule has 0 bridgehead atoms. The summed E-state index contributed by atoms with van der Waals surface area (Å²) in [4.78, 5) is 24.0. The second-order valence-corrected chi connectivity index (χ2v) is 5.45. The van der Waals surface area contributed by atoms with Crippen LogP contribution in [0.2, 0.25) is 5.02 Å². The molecule has 0 saturated heterocycles. The highest BCUT2D eigenvalue weighted by molar-refractivity contribution is 6.30. The zero-order valence-corrected chi connectivity index (χ0v) is 13.8. The molecule has 2 rings (SSSR count). The Morgan fingerprint density at radius 2 is 1.57 bits per heavy atom. The molecule has 1 amide bonds. The first-order valence-electron chi connectivity index (χ1n) is 7.36. The quantitative estimate of drug-likeness (QED) is 0.824. The van der Waals surface area contributed by atoms with Crippen LogP contribution in [0.25, 0.3) is 0 Å². The standard InChI is InChI=1S/C18H18ClNO3/c1-3-20-18(22)12(2)23-16-10-6-14(7-11-16)17(21)13-4-8-15(19)9-5-13/h4-12H,3H2,1-2H3,(H,20,22)/t12-/m1/s1. The van der Waals surface area contributed by atoms with E-state index in [1.807, 2.05) is 6.92 Å². The first kappa shape index (κ1) is 17.0. The number of carbonyl (C=O) groups is 2. The minimum atomic E-state index is -0.590. The lowest BCUT2D eigenvalue weighted by Crippen LogP contribution is -2.36. The molecule has 0 saturated carbocycles. The van der Waals surface area contributed by atoms with Crippen LogP contribution in [0.1, 0.15) is 29.8 Å². The highest BCUT2D eigenvalue weighted by Gasteiger charge is 2.14. The third-order valence-electron chi connectivity index (χ3n) is 3.26. The minimum Gasteiger partial charge on any atom is -0.481 e. The lowest BCUT2D eigenvalue weighted by molar-refractivity contribution is -0.127. The molecule has 2 aromatic rings. The van der Waals surface area contributed by atoms with Crippen LogP contribution in [0.3, 0.4) is 0 Å². The number of likely N-dealkylation sites (N-methyl/N-ethyl adjacent to an activating group) is 1. The molecule has 0 unspecified atom stereocenters. The summed E-state index contributed by atoms with van der Waals surface area (Å²) >= 11 is 5.82. The summed E-state index contributed by atoms with van der Waals surface area (Å²) < 4.78 is 5.54. The second kappa shape index (κ2) is 7.79. The van der Waals surface area contributed by atoms with Gasteiger partial charge in [0.25, 0.3) is 5.91 Å². The molecule has 23 heavy (non-hydrogen) atoms. The summed E-state index contributed by atoms with van der Waals surface area (Å²) in [6, 6.07) is 13.4. The van der Waals surface area contributed by atoms with Gasteiger partial charge in [0.15, 0.2) is 11.9 Å². The summed E-state index contributed by atoms with van der Waals surface area (Å²) in [6.45, 7) is 4.08. The number of hydrogen-bond acceptors (Lipinski definition) is 3. The predicted octanol–water partition coefficient (Wildman–Crippen LogP) is 3.47. The molecule has 0 aliphatic carbocycles. The van der Waals surface area contributed by atoms with Crippen LogP contribution in [0.4, 0.5) is 0 Å². The average molecular weight is 332 g/mol. The molecule has 1 atom stereocenters. The molecule has 0 radical (unpaired) electrons. The van der Waals surface area contributed by atoms with E-state index < -0.39 is 6.10 Å². The van der Waals surface area contributed by atoms with Gasteiger partial charge in [-0.2, -0.15) is 0 Å². The fourth-order valence-electron chi connectivity index (χ4n) is 2.03. The first-order valence-corrected chi connectivity index (χ1v) is 7.73. The van der Waals surface area contributed by atoms with E-state index in [0.717, 1.165) is 0 Å². The van der Waals surface area contributed by atoms with Crippen molar-refractivity contribution in [1.82, 2.24) is 5.32 Å². The van der Waals surface area contributed by atoms with Crippen molar-refractivity contribution in [1.29, 1.82) is 0 Å². The monoisotopic (exact) mass is 331 g/mol. The molecule has 0 aromatic heterocycles. The number of hydrogen-bond donors (Lipinski definition) is 1. The lowest BCUT2D eigenvalue weighted by Gasteiger charge is -2.14. The highest BCUT2D eigenvalue weighted by Crippen LogP contribution is 2.18. The van der Waals surface area contributed by atoms with E-state index in [4.69, 9.17) is 16.3 Å². The Bertz CT molecular complexity index is 680. The van der Waals surface area contributed by atoms with Crippen molar-refractivity contribution in [2.24, 2.45) is 0 Å². The Hall–Kier alpha value is -2.33. The van der Waals surface area contributed by atoms with Crippen molar-refractivity contribution in [2.75, 3.05) is 6.54 Å². The Labute approximate surface area is 140 Å². The molecule has 1 N–H and O–H groups in total. The fourth-order valence-corrected chi connectivity index (χ4v) is 2.15. The van der Waals surface area contributed by atoms with Crippen molar-refractivity contribution in [2.45, 2.75) is 20.0 Å². The van der Waals surface area contributed by atoms with Gasteiger partial charge in [0, 0.05) is 22.7 Å². The van der Waals surface area contributed by atoms with Gasteiger partial charge >= 0.3 is 0 Å². The van der Waals surface area contributed by atoms with Gasteiger partial charge in [-0.15, -0.1) is 0 Å². The number of halogens is 1. The Balaban J connectivity index is 2.05. The number of ketones is 1. The molecule has 0 heterocycles. The van der Waals surface area contributed by atoms with Crippen LogP contribution in [0.15, 0.2) is 48.5 Å². The van der Waals surface area contributed by atoms with Gasteiger partial charge in [-0.1, -0.05) is 11.6 Å². The van der Waals surface area contributed by atoms with Crippen LogP contribution in [0, 0.1) is 0 Å². The Morgan fingerprint density at radius 3 is 2.09 bits per heavy atom. The molecule has 2 aromatic carbocycles. The van der Waals surface area contributed by atoms with Gasteiger partial charge in [0.1, 0.15) is 5.75 Å². The van der Waals surface area contributed by atoms with E-state index >= 15 is 0 Å². The average Bonchev–Trinajstić information content (AvgIpc) is 2.56. The minimum absolute atomic E-state index is 0.0926. The van der Waals surface area contributed by atoms with E-state index in [9.17, 15) is 9.59 Å². The molecule has 5 heteroatoms. The normalized spacial score (nSPS) is 11.6. The molecule has 0 fully saturated rings. The summed E-state index contributed by atoms with van der Waals surface area (Å²) in [5.41, 5.74) is 1.11. The largest absolute Gasteiger partial charge is 0.481 e. The molecule has 0 spiro atoms. The second-order valence-electron chi connectivity index (χ2n) is 5.02. The third-order valence-corrected chi connectivity index (χ3v) is 3.51. The highest BCUT2D eigenvalue weighted by atomic mass is 35.5. The molecule has 0 aliphatic rings. The van der Waals surface area contributed by atoms with Gasteiger partial charge in [0.2, 0.25) is 0 Å². The maximum absolute atomic E-state index is 12.3. The first-order chi connectivity index (χ1) is 11.0. The van der Waals surface area contributed by atoms with Crippen molar-refractivity contribution in [3.05, 3.63) is 64.7 Å². The van der Waals surface area contributed by atoms with Crippen molar-refractivity contribution >= 4 is 23.3 Å². The summed E-state index contributed by atoms with van der Waals surface area (Å²) in [7, 11) is 0. The van der Waals surface area contributed by atoms with Crippen molar-refractivity contribution < 1.29 is 14.3 Å². The van der Waals surface area contributed by atoms with Gasteiger partial charge in [0.05, 0.1) is 0 Å². The maximum atomic E-state index is 12.3. The number of benzene rings is 2. The van der Waals surface area contributed by atoms with Gasteiger partial charge < -0.3 is 10.1 Å². The predicted molar refractivity (Wildman–Crippen MR) is 90.1 cm³/mol. The van der Waals surface area contributed by atoms with Crippen LogP contribution in [-0.4, -0.2) is 24.3 Å². The van der Waals surface area contributed by atoms with E-state index in [-0.39, 0.29) is 11.7 Å². The van der Waals surface area contributed by atoms with E-state index in [0.29, 0.717) is 28.4 Å². The Kier molecular flexibility index (Phi) is 5.77. The zero-order chi connectivity index (χ0) is 16.8. The molecule has 120 valence electrons. The summed E-state index contributed by atoms with van der Waals surface area (Å²) in [6.07, 6.45) is -0.590. The summed E-state index contributed by atoms with van der Waals surface area (Å²) in [5.74, 6) is 0.273. The number of amides is 1. The number of rotatable bonds is 6. The van der Waals surface area contributed by atoms with Crippen LogP contribution in [0.5, 0.6) is 5.75 Å². The summed E-state index contributed by atoms with van der Waals surface area (Å²) in [5, 5.41) is 3.28. The van der Waals surface area contributed by atoms with Gasteiger partial charge in [-0.25, -0.2) is 0 Å². The molecule has 4 nitrogen and oxygen atoms in total. The SMILES string of the molecule is CCNC(=O)[C@@H](C)Oc1ccc(C(=O)c2ccc(Cl)cc2)cc1. The van der Waals surface area contributed by atoms with E-state index in [2.05, 4.69) is 5.32 Å². The van der Waals surface area contributed by atoms with Crippen molar-refractivity contribution in [3.63, 3.8) is 0 Å². The Morgan fingerprint density at radius 1 is 1.04 bits per heavy atom. The topological polar surface area (TPSA) is 55.4 Å². The smallest absolute Gasteiger partial charge is 0.260 e. The lowest BCUT2D eigenvalue weighted by atomic mass is 10.0. The van der Waals surface area contributed by atoms with E-state index in [1.165, 1.54) is 0 Å². The third kappa shape index (κ3) is 4.57. The number of ether oxygens (including phenoxy) is 1. The molecule has 0 aliphatic heterocycles. The van der Waals surface area contributed by atoms with Crippen molar-refractivity contribution in [3.8, 4) is 5.75 Å². The fraction of sp³-hybridized carbons (Fsp3) is 0.222. The number of nitrogens with one attached hydrogen (secondary N) is 1. The maximum Gasteiger partial charge on any atom is 0.260 e. The van der Waals surface area contributed by atoms with Gasteiger partial charge in [-0.3, -0.25) is 9.59 Å². The van der Waals surface area contributed by atoms with Crippen LogP contribution < -0.4 is 10.1 Å². The molecular formula is C18H18ClNO3. The zero-order valence-electron chi connectivity index (χ0n) is 13.0. The molecular weight excluding hydrogens is 314 g/mol.